The lowest BCUT2D eigenvalue weighted by Crippen LogP contribution is -2.44. The number of carbonyl (C=O) groups excluding carboxylic acids is 2. The molecule has 128 valence electrons. The highest BCUT2D eigenvalue weighted by Crippen LogP contribution is 2.37. The molecule has 6 heteroatoms. The Labute approximate surface area is 136 Å². The highest BCUT2D eigenvalue weighted by atomic mass is 19.1. The van der Waals surface area contributed by atoms with Crippen LogP contribution in [-0.4, -0.2) is 78.5 Å². The van der Waals surface area contributed by atoms with Crippen LogP contribution in [0.2, 0.25) is 0 Å². The van der Waals surface area contributed by atoms with Crippen LogP contribution in [0.3, 0.4) is 0 Å². The van der Waals surface area contributed by atoms with Crippen molar-refractivity contribution in [2.75, 3.05) is 45.8 Å². The van der Waals surface area contributed by atoms with Crippen LogP contribution in [0.15, 0.2) is 0 Å². The molecular formula is C17H26FN3O2. The van der Waals surface area contributed by atoms with Crippen LogP contribution in [0.1, 0.15) is 25.7 Å². The molecule has 3 saturated heterocycles. The highest BCUT2D eigenvalue weighted by Gasteiger charge is 2.49. The number of hydrogen-bond acceptors (Lipinski definition) is 3. The molecule has 0 N–H and O–H groups in total. The van der Waals surface area contributed by atoms with Gasteiger partial charge in [-0.2, -0.15) is 0 Å². The summed E-state index contributed by atoms with van der Waals surface area (Å²) in [5, 5.41) is 0. The van der Waals surface area contributed by atoms with E-state index in [1.54, 1.807) is 0 Å². The number of rotatable bonds is 4. The smallest absolute Gasteiger partial charge is 0.227 e. The molecule has 1 saturated carbocycles. The predicted octanol–water partition coefficient (Wildman–Crippen LogP) is 0.747. The number of amides is 2. The van der Waals surface area contributed by atoms with Crippen molar-refractivity contribution in [2.24, 2.45) is 17.8 Å². The first kappa shape index (κ1) is 15.4. The van der Waals surface area contributed by atoms with E-state index >= 15 is 0 Å². The molecule has 1 aliphatic carbocycles. The Hall–Kier alpha value is -1.17. The fourth-order valence-electron chi connectivity index (χ4n) is 4.60. The van der Waals surface area contributed by atoms with E-state index in [0.717, 1.165) is 32.7 Å². The zero-order valence-electron chi connectivity index (χ0n) is 13.6. The summed E-state index contributed by atoms with van der Waals surface area (Å²) < 4.78 is 12.9. The number of likely N-dealkylation sites (tertiary alicyclic amines) is 3. The number of alkyl halides is 1. The second-order valence-electron chi connectivity index (χ2n) is 7.71. The second-order valence-corrected chi connectivity index (χ2v) is 7.71. The van der Waals surface area contributed by atoms with E-state index in [0.29, 0.717) is 25.9 Å². The Balaban J connectivity index is 1.27. The van der Waals surface area contributed by atoms with Gasteiger partial charge in [0.15, 0.2) is 0 Å². The summed E-state index contributed by atoms with van der Waals surface area (Å²) in [6.07, 6.45) is 2.50. The quantitative estimate of drug-likeness (QED) is 0.767. The predicted molar refractivity (Wildman–Crippen MR) is 83.4 cm³/mol. The van der Waals surface area contributed by atoms with Gasteiger partial charge in [-0.25, -0.2) is 4.39 Å². The molecular weight excluding hydrogens is 297 g/mol. The summed E-state index contributed by atoms with van der Waals surface area (Å²) in [6.45, 7) is 6.15. The number of halogens is 1. The molecule has 4 rings (SSSR count). The Morgan fingerprint density at radius 1 is 1.09 bits per heavy atom. The third-order valence-electron chi connectivity index (χ3n) is 6.15. The fraction of sp³-hybridized carbons (Fsp3) is 0.882. The lowest BCUT2D eigenvalue weighted by molar-refractivity contribution is -0.140. The maximum atomic E-state index is 12.9. The maximum Gasteiger partial charge on any atom is 0.227 e. The van der Waals surface area contributed by atoms with Crippen LogP contribution in [0, 0.1) is 17.8 Å². The van der Waals surface area contributed by atoms with Crippen LogP contribution in [0.5, 0.6) is 0 Å². The maximum absolute atomic E-state index is 12.9. The summed E-state index contributed by atoms with van der Waals surface area (Å²) in [4.78, 5) is 31.1. The summed E-state index contributed by atoms with van der Waals surface area (Å²) >= 11 is 0. The number of nitrogens with zero attached hydrogens (tertiary/aromatic N) is 3. The first-order valence-corrected chi connectivity index (χ1v) is 9.06. The van der Waals surface area contributed by atoms with Gasteiger partial charge in [-0.05, 0) is 38.8 Å². The fourth-order valence-corrected chi connectivity index (χ4v) is 4.60. The summed E-state index contributed by atoms with van der Waals surface area (Å²) in [6, 6.07) is 0. The molecule has 3 heterocycles. The third kappa shape index (κ3) is 2.86. The van der Waals surface area contributed by atoms with Crippen molar-refractivity contribution in [1.82, 2.24) is 14.7 Å². The van der Waals surface area contributed by atoms with Crippen molar-refractivity contribution in [1.29, 1.82) is 0 Å². The lowest BCUT2D eigenvalue weighted by atomic mass is 9.82. The van der Waals surface area contributed by atoms with Gasteiger partial charge in [0.2, 0.25) is 11.8 Å². The Bertz CT molecular complexity index is 488. The van der Waals surface area contributed by atoms with Crippen molar-refractivity contribution < 1.29 is 14.0 Å². The van der Waals surface area contributed by atoms with Gasteiger partial charge >= 0.3 is 0 Å². The standard InChI is InChI=1S/C17H26FN3O2/c18-14-7-12(8-14)16(22)21-10-13-9-20(17(23)15(13)11-21)6-5-19-3-1-2-4-19/h12-15H,1-11H2/t12?,13-,14?,15+/m1/s1. The van der Waals surface area contributed by atoms with Crippen LogP contribution in [0.4, 0.5) is 4.39 Å². The molecule has 0 aromatic heterocycles. The SMILES string of the molecule is O=C(C1CC(F)C1)N1C[C@H]2CN(CCN3CCCC3)C(=O)[C@H]2C1. The van der Waals surface area contributed by atoms with Gasteiger partial charge in [0.05, 0.1) is 5.92 Å². The first-order chi connectivity index (χ1) is 11.1. The third-order valence-corrected chi connectivity index (χ3v) is 6.15. The summed E-state index contributed by atoms with van der Waals surface area (Å²) in [7, 11) is 0. The molecule has 0 aromatic rings. The average molecular weight is 323 g/mol. The van der Waals surface area contributed by atoms with Crippen LogP contribution < -0.4 is 0 Å². The van der Waals surface area contributed by atoms with E-state index in [1.165, 1.54) is 12.8 Å². The van der Waals surface area contributed by atoms with Crippen molar-refractivity contribution in [3.05, 3.63) is 0 Å². The van der Waals surface area contributed by atoms with Gasteiger partial charge < -0.3 is 14.7 Å². The minimum Gasteiger partial charge on any atom is -0.341 e. The minimum atomic E-state index is -0.797. The molecule has 0 unspecified atom stereocenters. The van der Waals surface area contributed by atoms with E-state index in [2.05, 4.69) is 4.90 Å². The van der Waals surface area contributed by atoms with E-state index in [1.807, 2.05) is 9.80 Å². The molecule has 2 atom stereocenters. The average Bonchev–Trinajstić information content (AvgIpc) is 3.20. The zero-order valence-corrected chi connectivity index (χ0v) is 13.6. The summed E-state index contributed by atoms with van der Waals surface area (Å²) in [5.74, 6) is 0.432. The van der Waals surface area contributed by atoms with Crippen molar-refractivity contribution in [2.45, 2.75) is 31.9 Å². The monoisotopic (exact) mass is 323 g/mol. The lowest BCUT2D eigenvalue weighted by Gasteiger charge is -2.32. The van der Waals surface area contributed by atoms with Gasteiger partial charge in [-0.1, -0.05) is 0 Å². The van der Waals surface area contributed by atoms with Crippen LogP contribution in [-0.2, 0) is 9.59 Å². The molecule has 4 fully saturated rings. The Morgan fingerprint density at radius 2 is 1.83 bits per heavy atom. The molecule has 3 aliphatic heterocycles. The van der Waals surface area contributed by atoms with Crippen LogP contribution >= 0.6 is 0 Å². The Kier molecular flexibility index (Phi) is 4.03. The molecule has 2 amide bonds. The second kappa shape index (κ2) is 6.04. The minimum absolute atomic E-state index is 0.0150. The van der Waals surface area contributed by atoms with E-state index in [-0.39, 0.29) is 29.6 Å². The van der Waals surface area contributed by atoms with E-state index in [9.17, 15) is 14.0 Å². The first-order valence-electron chi connectivity index (χ1n) is 9.06. The van der Waals surface area contributed by atoms with E-state index < -0.39 is 6.17 Å². The normalized spacial score (nSPS) is 37.3. The number of carbonyl (C=O) groups is 2. The molecule has 0 spiro atoms. The van der Waals surface area contributed by atoms with Crippen molar-refractivity contribution >= 4 is 11.8 Å². The van der Waals surface area contributed by atoms with Crippen molar-refractivity contribution in [3.8, 4) is 0 Å². The van der Waals surface area contributed by atoms with Crippen molar-refractivity contribution in [3.63, 3.8) is 0 Å². The molecule has 23 heavy (non-hydrogen) atoms. The molecule has 0 radical (unpaired) electrons. The highest BCUT2D eigenvalue weighted by molar-refractivity contribution is 5.85. The topological polar surface area (TPSA) is 43.9 Å². The van der Waals surface area contributed by atoms with E-state index in [4.69, 9.17) is 0 Å². The molecule has 5 nitrogen and oxygen atoms in total. The molecule has 0 bridgehead atoms. The number of fused-ring (bicyclic) bond motifs is 1. The van der Waals surface area contributed by atoms with Gasteiger partial charge in [0.1, 0.15) is 6.17 Å². The largest absolute Gasteiger partial charge is 0.341 e. The Morgan fingerprint density at radius 3 is 2.48 bits per heavy atom. The van der Waals surface area contributed by atoms with Gasteiger partial charge in [-0.3, -0.25) is 9.59 Å². The zero-order chi connectivity index (χ0) is 16.0. The molecule has 0 aromatic carbocycles. The van der Waals surface area contributed by atoms with Crippen LogP contribution in [0.25, 0.3) is 0 Å². The van der Waals surface area contributed by atoms with Gasteiger partial charge in [-0.15, -0.1) is 0 Å². The van der Waals surface area contributed by atoms with Gasteiger partial charge in [0, 0.05) is 44.6 Å². The summed E-state index contributed by atoms with van der Waals surface area (Å²) in [5.41, 5.74) is 0. The van der Waals surface area contributed by atoms with Gasteiger partial charge in [0.25, 0.3) is 0 Å². The molecule has 4 aliphatic rings. The number of hydrogen-bond donors (Lipinski definition) is 0.